The third-order valence-electron chi connectivity index (χ3n) is 3.73. The molecule has 0 radical (unpaired) electrons. The average Bonchev–Trinajstić information content (AvgIpc) is 2.47. The number of nitrogens with one attached hydrogen (secondary N) is 1. The second-order valence-corrected chi connectivity index (χ2v) is 5.27. The minimum Gasteiger partial charge on any atom is -0.494 e. The van der Waals surface area contributed by atoms with Gasteiger partial charge in [-0.25, -0.2) is 4.39 Å². The monoisotopic (exact) mass is 311 g/mol. The fourth-order valence-electron chi connectivity index (χ4n) is 2.52. The molecule has 1 aromatic rings. The van der Waals surface area contributed by atoms with Gasteiger partial charge in [-0.15, -0.1) is 0 Å². The Kier molecular flexibility index (Phi) is 4.97. The molecule has 0 atom stereocenters. The van der Waals surface area contributed by atoms with E-state index in [9.17, 15) is 14.0 Å². The van der Waals surface area contributed by atoms with E-state index in [4.69, 9.17) is 14.6 Å². The predicted molar refractivity (Wildman–Crippen MR) is 75.5 cm³/mol. The molecule has 22 heavy (non-hydrogen) atoms. The van der Waals surface area contributed by atoms with Crippen LogP contribution in [0.25, 0.3) is 0 Å². The number of ether oxygens (including phenoxy) is 2. The average molecular weight is 311 g/mol. The molecule has 1 amide bonds. The SMILES string of the molecule is COc1ccc(C(=O)NC2(CC(=O)O)CCOCC2)cc1F. The summed E-state index contributed by atoms with van der Waals surface area (Å²) in [4.78, 5) is 23.4. The molecular formula is C15H18FNO5. The number of carbonyl (C=O) groups excluding carboxylic acids is 1. The van der Waals surface area contributed by atoms with Crippen LogP contribution < -0.4 is 10.1 Å². The number of hydrogen-bond acceptors (Lipinski definition) is 4. The highest BCUT2D eigenvalue weighted by Gasteiger charge is 2.36. The zero-order valence-corrected chi connectivity index (χ0v) is 12.2. The molecule has 1 aliphatic heterocycles. The molecule has 0 saturated carbocycles. The topological polar surface area (TPSA) is 84.9 Å². The minimum atomic E-state index is -0.997. The molecule has 1 aliphatic rings. The van der Waals surface area contributed by atoms with Crippen molar-refractivity contribution in [1.82, 2.24) is 5.32 Å². The van der Waals surface area contributed by atoms with E-state index in [0.29, 0.717) is 26.1 Å². The van der Waals surface area contributed by atoms with Gasteiger partial charge in [-0.2, -0.15) is 0 Å². The van der Waals surface area contributed by atoms with E-state index < -0.39 is 23.2 Å². The number of amides is 1. The third-order valence-corrected chi connectivity index (χ3v) is 3.73. The van der Waals surface area contributed by atoms with Crippen LogP contribution in [0.1, 0.15) is 29.6 Å². The Labute approximate surface area is 127 Å². The van der Waals surface area contributed by atoms with Crippen molar-refractivity contribution in [1.29, 1.82) is 0 Å². The van der Waals surface area contributed by atoms with Crippen molar-refractivity contribution >= 4 is 11.9 Å². The van der Waals surface area contributed by atoms with Gasteiger partial charge in [0.2, 0.25) is 0 Å². The smallest absolute Gasteiger partial charge is 0.305 e. The normalized spacial score (nSPS) is 16.8. The van der Waals surface area contributed by atoms with Gasteiger partial charge < -0.3 is 19.9 Å². The summed E-state index contributed by atoms with van der Waals surface area (Å²) in [7, 11) is 1.34. The Morgan fingerprint density at radius 3 is 2.64 bits per heavy atom. The first kappa shape index (κ1) is 16.2. The zero-order valence-electron chi connectivity index (χ0n) is 12.2. The van der Waals surface area contributed by atoms with Gasteiger partial charge in [0.25, 0.3) is 5.91 Å². The van der Waals surface area contributed by atoms with Gasteiger partial charge in [0.05, 0.1) is 19.1 Å². The molecule has 0 unspecified atom stereocenters. The van der Waals surface area contributed by atoms with Crippen LogP contribution in [0.2, 0.25) is 0 Å². The molecule has 1 heterocycles. The van der Waals surface area contributed by atoms with E-state index >= 15 is 0 Å². The molecule has 0 aliphatic carbocycles. The second-order valence-electron chi connectivity index (χ2n) is 5.27. The summed E-state index contributed by atoms with van der Waals surface area (Å²) in [6, 6.07) is 3.87. The Balaban J connectivity index is 2.17. The first-order chi connectivity index (χ1) is 10.5. The maximum absolute atomic E-state index is 13.7. The quantitative estimate of drug-likeness (QED) is 0.862. The third kappa shape index (κ3) is 3.73. The van der Waals surface area contributed by atoms with Gasteiger partial charge in [0.15, 0.2) is 11.6 Å². The lowest BCUT2D eigenvalue weighted by Gasteiger charge is -2.36. The molecule has 0 spiro atoms. The largest absolute Gasteiger partial charge is 0.494 e. The number of aliphatic carboxylic acids is 1. The van der Waals surface area contributed by atoms with Crippen molar-refractivity contribution in [2.45, 2.75) is 24.8 Å². The fraction of sp³-hybridized carbons (Fsp3) is 0.467. The van der Waals surface area contributed by atoms with Crippen LogP contribution >= 0.6 is 0 Å². The highest BCUT2D eigenvalue weighted by Crippen LogP contribution is 2.26. The van der Waals surface area contributed by atoms with E-state index in [1.54, 1.807) is 0 Å². The summed E-state index contributed by atoms with van der Waals surface area (Å²) in [5, 5.41) is 11.8. The highest BCUT2D eigenvalue weighted by molar-refractivity contribution is 5.95. The molecule has 7 heteroatoms. The Morgan fingerprint density at radius 1 is 1.41 bits per heavy atom. The lowest BCUT2D eigenvalue weighted by molar-refractivity contribution is -0.139. The number of hydrogen-bond donors (Lipinski definition) is 2. The van der Waals surface area contributed by atoms with Crippen molar-refractivity contribution in [3.05, 3.63) is 29.6 Å². The van der Waals surface area contributed by atoms with Gasteiger partial charge >= 0.3 is 5.97 Å². The van der Waals surface area contributed by atoms with Gasteiger partial charge in [0, 0.05) is 18.8 Å². The summed E-state index contributed by atoms with van der Waals surface area (Å²) in [5.41, 5.74) is -0.744. The Bertz CT molecular complexity index is 569. The molecule has 6 nitrogen and oxygen atoms in total. The van der Waals surface area contributed by atoms with Crippen molar-refractivity contribution in [2.24, 2.45) is 0 Å². The number of halogens is 1. The summed E-state index contributed by atoms with van der Waals surface area (Å²) < 4.78 is 23.7. The van der Waals surface area contributed by atoms with Crippen LogP contribution in [-0.4, -0.2) is 42.8 Å². The molecular weight excluding hydrogens is 293 g/mol. The van der Waals surface area contributed by atoms with Crippen LogP contribution in [-0.2, 0) is 9.53 Å². The summed E-state index contributed by atoms with van der Waals surface area (Å²) in [6.07, 6.45) is 0.619. The lowest BCUT2D eigenvalue weighted by atomic mass is 9.86. The van der Waals surface area contributed by atoms with E-state index in [2.05, 4.69) is 5.32 Å². The van der Waals surface area contributed by atoms with Crippen LogP contribution in [0.3, 0.4) is 0 Å². The number of rotatable bonds is 5. The molecule has 1 aromatic carbocycles. The Hall–Kier alpha value is -2.15. The second kappa shape index (κ2) is 6.74. The van der Waals surface area contributed by atoms with Gasteiger partial charge in [-0.1, -0.05) is 0 Å². The first-order valence-electron chi connectivity index (χ1n) is 6.91. The fourth-order valence-corrected chi connectivity index (χ4v) is 2.52. The number of benzene rings is 1. The molecule has 0 aromatic heterocycles. The molecule has 2 rings (SSSR count). The highest BCUT2D eigenvalue weighted by atomic mass is 19.1. The van der Waals surface area contributed by atoms with E-state index in [0.717, 1.165) is 6.07 Å². The van der Waals surface area contributed by atoms with Crippen LogP contribution in [0.4, 0.5) is 4.39 Å². The zero-order chi connectivity index (χ0) is 16.2. The van der Waals surface area contributed by atoms with E-state index in [1.807, 2.05) is 0 Å². The van der Waals surface area contributed by atoms with E-state index in [-0.39, 0.29) is 17.7 Å². The molecule has 1 saturated heterocycles. The predicted octanol–water partition coefficient (Wildman–Crippen LogP) is 1.59. The van der Waals surface area contributed by atoms with Crippen LogP contribution in [0.15, 0.2) is 18.2 Å². The number of carboxylic acids is 1. The molecule has 0 bridgehead atoms. The van der Waals surface area contributed by atoms with Crippen LogP contribution in [0, 0.1) is 5.82 Å². The summed E-state index contributed by atoms with van der Waals surface area (Å²) in [6.45, 7) is 0.759. The molecule has 120 valence electrons. The number of carbonyl (C=O) groups is 2. The standard InChI is InChI=1S/C15H18FNO5/c1-21-12-3-2-10(8-11(12)16)14(20)17-15(9-13(18)19)4-6-22-7-5-15/h2-3,8H,4-7,9H2,1H3,(H,17,20)(H,18,19). The molecule has 1 fully saturated rings. The number of methoxy groups -OCH3 is 1. The maximum Gasteiger partial charge on any atom is 0.305 e. The first-order valence-corrected chi connectivity index (χ1v) is 6.91. The van der Waals surface area contributed by atoms with Crippen molar-refractivity contribution in [3.8, 4) is 5.75 Å². The van der Waals surface area contributed by atoms with Crippen molar-refractivity contribution in [2.75, 3.05) is 20.3 Å². The van der Waals surface area contributed by atoms with Crippen molar-refractivity contribution < 1.29 is 28.6 Å². The van der Waals surface area contributed by atoms with Gasteiger partial charge in [-0.3, -0.25) is 9.59 Å². The van der Waals surface area contributed by atoms with Crippen LogP contribution in [0.5, 0.6) is 5.75 Å². The maximum atomic E-state index is 13.7. The minimum absolute atomic E-state index is 0.0443. The van der Waals surface area contributed by atoms with Gasteiger partial charge in [-0.05, 0) is 31.0 Å². The van der Waals surface area contributed by atoms with E-state index in [1.165, 1.54) is 19.2 Å². The summed E-state index contributed by atoms with van der Waals surface area (Å²) in [5.74, 6) is -2.11. The number of carboxylic acid groups (broad SMARTS) is 1. The lowest BCUT2D eigenvalue weighted by Crippen LogP contribution is -2.53. The van der Waals surface area contributed by atoms with Crippen molar-refractivity contribution in [3.63, 3.8) is 0 Å². The summed E-state index contributed by atoms with van der Waals surface area (Å²) >= 11 is 0. The molecule has 2 N–H and O–H groups in total. The Morgan fingerprint density at radius 2 is 2.09 bits per heavy atom. The van der Waals surface area contributed by atoms with Gasteiger partial charge in [0.1, 0.15) is 0 Å².